The zero-order chi connectivity index (χ0) is 13.3. The summed E-state index contributed by atoms with van der Waals surface area (Å²) in [5.41, 5.74) is 1.06. The molecule has 0 spiro atoms. The van der Waals surface area contributed by atoms with Crippen LogP contribution in [0.1, 0.15) is 11.1 Å². The maximum atomic E-state index is 13.1. The fourth-order valence-corrected chi connectivity index (χ4v) is 3.32. The van der Waals surface area contributed by atoms with Gasteiger partial charge < -0.3 is 0 Å². The molecule has 0 atom stereocenters. The number of hydrogen-bond acceptors (Lipinski definition) is 3. The number of hydrogen-bond donors (Lipinski definition) is 2. The summed E-state index contributed by atoms with van der Waals surface area (Å²) in [5.74, 6) is -0.452. The Morgan fingerprint density at radius 2 is 1.89 bits per heavy atom. The lowest BCUT2D eigenvalue weighted by Crippen LogP contribution is -2.15. The standard InChI is InChI=1S/C11H12FN3O2S/c1-7-3-9(12)4-8(2)11(7)18(16,17)15-10-5-13-14-6-10/h3-6,15H,1-2H3,(H,13,14). The van der Waals surface area contributed by atoms with Crippen LogP contribution in [0.15, 0.2) is 29.4 Å². The molecule has 96 valence electrons. The second-order valence-electron chi connectivity index (χ2n) is 3.96. The van der Waals surface area contributed by atoms with Crippen molar-refractivity contribution in [3.8, 4) is 0 Å². The van der Waals surface area contributed by atoms with Gasteiger partial charge in [0.1, 0.15) is 5.82 Å². The van der Waals surface area contributed by atoms with Crippen LogP contribution in [-0.4, -0.2) is 18.6 Å². The van der Waals surface area contributed by atoms with Crippen molar-refractivity contribution in [2.75, 3.05) is 4.72 Å². The molecule has 0 aliphatic heterocycles. The van der Waals surface area contributed by atoms with Crippen LogP contribution in [0.2, 0.25) is 0 Å². The number of anilines is 1. The zero-order valence-corrected chi connectivity index (χ0v) is 10.7. The minimum atomic E-state index is -3.74. The zero-order valence-electron chi connectivity index (χ0n) is 9.86. The highest BCUT2D eigenvalue weighted by molar-refractivity contribution is 7.92. The van der Waals surface area contributed by atoms with Crippen molar-refractivity contribution in [1.82, 2.24) is 10.2 Å². The van der Waals surface area contributed by atoms with Crippen LogP contribution in [-0.2, 0) is 10.0 Å². The number of aromatic amines is 1. The molecule has 0 saturated heterocycles. The van der Waals surface area contributed by atoms with Crippen LogP contribution < -0.4 is 4.72 Å². The lowest BCUT2D eigenvalue weighted by molar-refractivity contribution is 0.597. The number of H-pyrrole nitrogens is 1. The van der Waals surface area contributed by atoms with Crippen molar-refractivity contribution < 1.29 is 12.8 Å². The van der Waals surface area contributed by atoms with E-state index in [1.165, 1.54) is 24.5 Å². The molecule has 0 fully saturated rings. The minimum absolute atomic E-state index is 0.0881. The van der Waals surface area contributed by atoms with E-state index in [0.29, 0.717) is 16.8 Å². The second kappa shape index (κ2) is 4.41. The summed E-state index contributed by atoms with van der Waals surface area (Å²) in [6, 6.07) is 2.38. The lowest BCUT2D eigenvalue weighted by atomic mass is 10.1. The Morgan fingerprint density at radius 1 is 1.28 bits per heavy atom. The van der Waals surface area contributed by atoms with Gasteiger partial charge in [-0.1, -0.05) is 0 Å². The lowest BCUT2D eigenvalue weighted by Gasteiger charge is -2.11. The van der Waals surface area contributed by atoms with E-state index in [4.69, 9.17) is 0 Å². The van der Waals surface area contributed by atoms with Crippen molar-refractivity contribution in [3.63, 3.8) is 0 Å². The Balaban J connectivity index is 2.48. The van der Waals surface area contributed by atoms with E-state index < -0.39 is 15.8 Å². The molecule has 0 aliphatic carbocycles. The van der Waals surface area contributed by atoms with Gasteiger partial charge in [0.25, 0.3) is 10.0 Å². The molecule has 0 bridgehead atoms. The summed E-state index contributed by atoms with van der Waals surface area (Å²) in [5, 5.41) is 6.15. The SMILES string of the molecule is Cc1cc(F)cc(C)c1S(=O)(=O)Nc1cn[nH]c1. The van der Waals surface area contributed by atoms with E-state index in [1.807, 2.05) is 0 Å². The Hall–Kier alpha value is -1.89. The van der Waals surface area contributed by atoms with E-state index in [-0.39, 0.29) is 4.90 Å². The molecule has 2 rings (SSSR count). The molecule has 7 heteroatoms. The highest BCUT2D eigenvalue weighted by atomic mass is 32.2. The first-order valence-electron chi connectivity index (χ1n) is 5.18. The first-order chi connectivity index (χ1) is 8.40. The maximum absolute atomic E-state index is 13.1. The van der Waals surface area contributed by atoms with E-state index in [0.717, 1.165) is 0 Å². The minimum Gasteiger partial charge on any atom is -0.284 e. The fraction of sp³-hybridized carbons (Fsp3) is 0.182. The number of halogens is 1. The highest BCUT2D eigenvalue weighted by Gasteiger charge is 2.20. The van der Waals surface area contributed by atoms with Gasteiger partial charge >= 0.3 is 0 Å². The first kappa shape index (κ1) is 12.6. The van der Waals surface area contributed by atoms with Gasteiger partial charge in [-0.3, -0.25) is 9.82 Å². The topological polar surface area (TPSA) is 74.8 Å². The Kier molecular flexibility index (Phi) is 3.08. The largest absolute Gasteiger partial charge is 0.284 e. The third-order valence-electron chi connectivity index (χ3n) is 2.44. The average Bonchev–Trinajstić information content (AvgIpc) is 2.66. The second-order valence-corrected chi connectivity index (χ2v) is 5.58. The number of rotatable bonds is 3. The molecule has 1 aromatic carbocycles. The number of benzene rings is 1. The summed E-state index contributed by atoms with van der Waals surface area (Å²) < 4.78 is 39.9. The summed E-state index contributed by atoms with van der Waals surface area (Å²) in [7, 11) is -3.74. The molecule has 2 aromatic rings. The summed E-state index contributed by atoms with van der Waals surface area (Å²) in [6.07, 6.45) is 2.78. The summed E-state index contributed by atoms with van der Waals surface area (Å²) in [4.78, 5) is 0.0881. The third kappa shape index (κ3) is 2.35. The highest BCUT2D eigenvalue weighted by Crippen LogP contribution is 2.23. The molecule has 0 unspecified atom stereocenters. The van der Waals surface area contributed by atoms with Crippen molar-refractivity contribution in [2.45, 2.75) is 18.7 Å². The normalized spacial score (nSPS) is 11.5. The molecule has 2 N–H and O–H groups in total. The molecular formula is C11H12FN3O2S. The molecule has 1 aromatic heterocycles. The van der Waals surface area contributed by atoms with Crippen LogP contribution in [0.3, 0.4) is 0 Å². The number of sulfonamides is 1. The van der Waals surface area contributed by atoms with Crippen LogP contribution in [0.25, 0.3) is 0 Å². The van der Waals surface area contributed by atoms with Gasteiger partial charge in [-0.15, -0.1) is 0 Å². The Bertz CT molecular complexity index is 643. The molecule has 0 saturated carbocycles. The average molecular weight is 269 g/mol. The first-order valence-corrected chi connectivity index (χ1v) is 6.67. The van der Waals surface area contributed by atoms with Gasteiger partial charge in [-0.2, -0.15) is 5.10 Å². The van der Waals surface area contributed by atoms with Gasteiger partial charge in [0.15, 0.2) is 0 Å². The Morgan fingerprint density at radius 3 is 2.39 bits per heavy atom. The van der Waals surface area contributed by atoms with Crippen molar-refractivity contribution >= 4 is 15.7 Å². The van der Waals surface area contributed by atoms with Crippen molar-refractivity contribution in [2.24, 2.45) is 0 Å². The van der Waals surface area contributed by atoms with E-state index in [1.54, 1.807) is 13.8 Å². The van der Waals surface area contributed by atoms with Gasteiger partial charge in [0, 0.05) is 6.20 Å². The van der Waals surface area contributed by atoms with Gasteiger partial charge in [0.2, 0.25) is 0 Å². The Labute approximate surface area is 104 Å². The van der Waals surface area contributed by atoms with Crippen LogP contribution in [0.5, 0.6) is 0 Å². The maximum Gasteiger partial charge on any atom is 0.262 e. The molecular weight excluding hydrogens is 257 g/mol. The number of aromatic nitrogens is 2. The number of nitrogens with one attached hydrogen (secondary N) is 2. The van der Waals surface area contributed by atoms with E-state index in [9.17, 15) is 12.8 Å². The van der Waals surface area contributed by atoms with Gasteiger partial charge in [0.05, 0.1) is 16.8 Å². The smallest absolute Gasteiger partial charge is 0.262 e. The molecule has 0 amide bonds. The summed E-state index contributed by atoms with van der Waals surface area (Å²) in [6.45, 7) is 3.11. The predicted octanol–water partition coefficient (Wildman–Crippen LogP) is 1.97. The van der Waals surface area contributed by atoms with E-state index >= 15 is 0 Å². The summed E-state index contributed by atoms with van der Waals surface area (Å²) >= 11 is 0. The van der Waals surface area contributed by atoms with Crippen LogP contribution in [0.4, 0.5) is 10.1 Å². The fourth-order valence-electron chi connectivity index (χ4n) is 1.83. The van der Waals surface area contributed by atoms with Crippen molar-refractivity contribution in [1.29, 1.82) is 0 Å². The van der Waals surface area contributed by atoms with E-state index in [2.05, 4.69) is 14.9 Å². The van der Waals surface area contributed by atoms with Crippen LogP contribution >= 0.6 is 0 Å². The molecule has 0 aliphatic rings. The molecule has 0 radical (unpaired) electrons. The number of nitrogens with zero attached hydrogens (tertiary/aromatic N) is 1. The molecule has 18 heavy (non-hydrogen) atoms. The van der Waals surface area contributed by atoms with Gasteiger partial charge in [-0.05, 0) is 37.1 Å². The molecule has 5 nitrogen and oxygen atoms in total. The van der Waals surface area contributed by atoms with Crippen molar-refractivity contribution in [3.05, 3.63) is 41.5 Å². The molecule has 1 heterocycles. The van der Waals surface area contributed by atoms with Crippen LogP contribution in [0, 0.1) is 19.7 Å². The predicted molar refractivity (Wildman–Crippen MR) is 65.3 cm³/mol. The monoisotopic (exact) mass is 269 g/mol. The number of aryl methyl sites for hydroxylation is 2. The van der Waals surface area contributed by atoms with Gasteiger partial charge in [-0.25, -0.2) is 12.8 Å². The third-order valence-corrected chi connectivity index (χ3v) is 4.13. The quantitative estimate of drug-likeness (QED) is 0.894.